The highest BCUT2D eigenvalue weighted by atomic mass is 16.5. The maximum atomic E-state index is 12.2. The molecular weight excluding hydrogens is 272 g/mol. The Morgan fingerprint density at radius 3 is 2.62 bits per heavy atom. The third-order valence-corrected chi connectivity index (χ3v) is 4.07. The number of benzene rings is 1. The van der Waals surface area contributed by atoms with Gasteiger partial charge in [0.1, 0.15) is 5.75 Å². The summed E-state index contributed by atoms with van der Waals surface area (Å²) in [7, 11) is 1.53. The van der Waals surface area contributed by atoms with Gasteiger partial charge in [0.15, 0.2) is 0 Å². The minimum atomic E-state index is -0.826. The van der Waals surface area contributed by atoms with E-state index in [0.717, 1.165) is 19.3 Å². The molecule has 1 amide bonds. The van der Waals surface area contributed by atoms with Crippen LogP contribution in [-0.2, 0) is 4.79 Å². The molecule has 1 fully saturated rings. The van der Waals surface area contributed by atoms with Crippen LogP contribution in [-0.4, -0.2) is 30.6 Å². The lowest BCUT2D eigenvalue weighted by Crippen LogP contribution is -2.43. The Bertz CT molecular complexity index is 553. The first-order chi connectivity index (χ1) is 9.96. The average molecular weight is 292 g/mol. The number of nitrogen functional groups attached to an aromatic ring is 1. The van der Waals surface area contributed by atoms with Crippen molar-refractivity contribution in [3.8, 4) is 5.75 Å². The second kappa shape index (κ2) is 6.03. The second-order valence-electron chi connectivity index (χ2n) is 5.56. The maximum absolute atomic E-state index is 12.2. The van der Waals surface area contributed by atoms with Crippen LogP contribution in [0.25, 0.3) is 0 Å². The van der Waals surface area contributed by atoms with E-state index in [4.69, 9.17) is 15.6 Å². The largest absolute Gasteiger partial charge is 0.497 e. The smallest absolute Gasteiger partial charge is 0.303 e. The van der Waals surface area contributed by atoms with Gasteiger partial charge in [-0.25, -0.2) is 0 Å². The summed E-state index contributed by atoms with van der Waals surface area (Å²) in [6.07, 6.45) is 2.76. The lowest BCUT2D eigenvalue weighted by atomic mass is 9.66. The van der Waals surface area contributed by atoms with Crippen LogP contribution in [0.15, 0.2) is 18.2 Å². The molecule has 21 heavy (non-hydrogen) atoms. The summed E-state index contributed by atoms with van der Waals surface area (Å²) in [6.45, 7) is 0.365. The summed E-state index contributed by atoms with van der Waals surface area (Å²) in [5, 5.41) is 11.8. The van der Waals surface area contributed by atoms with Crippen LogP contribution in [0.1, 0.15) is 36.0 Å². The Balaban J connectivity index is 2.00. The molecule has 0 spiro atoms. The molecule has 0 saturated heterocycles. The van der Waals surface area contributed by atoms with Crippen LogP contribution in [0.5, 0.6) is 5.75 Å². The quantitative estimate of drug-likeness (QED) is 0.692. The van der Waals surface area contributed by atoms with Gasteiger partial charge in [0.2, 0.25) is 0 Å². The van der Waals surface area contributed by atoms with Crippen molar-refractivity contribution < 1.29 is 19.4 Å². The van der Waals surface area contributed by atoms with E-state index in [0.29, 0.717) is 23.5 Å². The van der Waals surface area contributed by atoms with Gasteiger partial charge in [-0.05, 0) is 30.4 Å². The number of aliphatic carboxylic acids is 1. The Morgan fingerprint density at radius 1 is 1.43 bits per heavy atom. The number of ether oxygens (including phenoxy) is 1. The SMILES string of the molecule is COc1ccc(C(=O)NCC2(CC(=O)O)CCC2)c(N)c1. The van der Waals surface area contributed by atoms with Crippen molar-refractivity contribution in [2.45, 2.75) is 25.7 Å². The van der Waals surface area contributed by atoms with Gasteiger partial charge in [-0.3, -0.25) is 9.59 Å². The van der Waals surface area contributed by atoms with Gasteiger partial charge in [0, 0.05) is 18.3 Å². The molecule has 4 N–H and O–H groups in total. The number of nitrogens with one attached hydrogen (secondary N) is 1. The number of anilines is 1. The molecule has 0 unspecified atom stereocenters. The number of rotatable bonds is 6. The average Bonchev–Trinajstić information content (AvgIpc) is 2.40. The number of carboxylic acid groups (broad SMARTS) is 1. The highest BCUT2D eigenvalue weighted by molar-refractivity contribution is 5.99. The lowest BCUT2D eigenvalue weighted by Gasteiger charge is -2.40. The van der Waals surface area contributed by atoms with E-state index in [1.807, 2.05) is 0 Å². The Labute approximate surface area is 123 Å². The van der Waals surface area contributed by atoms with Gasteiger partial charge in [-0.1, -0.05) is 6.42 Å². The van der Waals surface area contributed by atoms with Crippen molar-refractivity contribution >= 4 is 17.6 Å². The fraction of sp³-hybridized carbons (Fsp3) is 0.467. The molecule has 1 aromatic rings. The van der Waals surface area contributed by atoms with E-state index >= 15 is 0 Å². The summed E-state index contributed by atoms with van der Waals surface area (Å²) < 4.78 is 5.04. The monoisotopic (exact) mass is 292 g/mol. The second-order valence-corrected chi connectivity index (χ2v) is 5.56. The molecule has 1 aliphatic rings. The van der Waals surface area contributed by atoms with E-state index in [9.17, 15) is 9.59 Å². The van der Waals surface area contributed by atoms with Gasteiger partial charge in [-0.15, -0.1) is 0 Å². The summed E-state index contributed by atoms with van der Waals surface area (Å²) in [4.78, 5) is 23.1. The summed E-state index contributed by atoms with van der Waals surface area (Å²) in [6, 6.07) is 4.86. The zero-order valence-electron chi connectivity index (χ0n) is 12.0. The van der Waals surface area contributed by atoms with Crippen LogP contribution >= 0.6 is 0 Å². The molecule has 1 aromatic carbocycles. The van der Waals surface area contributed by atoms with Gasteiger partial charge in [0.25, 0.3) is 5.91 Å². The number of nitrogens with two attached hydrogens (primary N) is 1. The van der Waals surface area contributed by atoms with Gasteiger partial charge in [0.05, 0.1) is 19.1 Å². The summed E-state index contributed by atoms with van der Waals surface area (Å²) in [5.74, 6) is -0.523. The third-order valence-electron chi connectivity index (χ3n) is 4.07. The molecule has 0 aliphatic heterocycles. The van der Waals surface area contributed by atoms with Gasteiger partial charge in [-0.2, -0.15) is 0 Å². The van der Waals surface area contributed by atoms with Crippen molar-refractivity contribution in [2.24, 2.45) is 5.41 Å². The van der Waals surface area contributed by atoms with Crippen LogP contribution in [0, 0.1) is 5.41 Å². The molecule has 6 nitrogen and oxygen atoms in total. The van der Waals surface area contributed by atoms with E-state index < -0.39 is 5.97 Å². The standard InChI is InChI=1S/C15H20N2O4/c1-21-10-3-4-11(12(16)7-10)14(20)17-9-15(5-2-6-15)8-13(18)19/h3-4,7H,2,5-6,8-9,16H2,1H3,(H,17,20)(H,18,19). The van der Waals surface area contributed by atoms with Crippen molar-refractivity contribution in [1.82, 2.24) is 5.32 Å². The molecule has 1 aliphatic carbocycles. The Kier molecular flexibility index (Phi) is 4.35. The van der Waals surface area contributed by atoms with Gasteiger partial charge >= 0.3 is 5.97 Å². The molecule has 0 heterocycles. The molecule has 2 rings (SSSR count). The topological polar surface area (TPSA) is 102 Å². The first-order valence-electron chi connectivity index (χ1n) is 6.89. The molecule has 1 saturated carbocycles. The lowest BCUT2D eigenvalue weighted by molar-refractivity contribution is -0.141. The molecule has 0 radical (unpaired) electrons. The van der Waals surface area contributed by atoms with Crippen molar-refractivity contribution in [1.29, 1.82) is 0 Å². The molecule has 0 aromatic heterocycles. The fourth-order valence-corrected chi connectivity index (χ4v) is 2.65. The minimum Gasteiger partial charge on any atom is -0.497 e. The molecule has 0 atom stereocenters. The summed E-state index contributed by atoms with van der Waals surface area (Å²) in [5.41, 5.74) is 6.24. The zero-order valence-corrected chi connectivity index (χ0v) is 12.0. The van der Waals surface area contributed by atoms with Crippen molar-refractivity contribution in [3.05, 3.63) is 23.8 Å². The predicted molar refractivity (Wildman–Crippen MR) is 78.3 cm³/mol. The third kappa shape index (κ3) is 3.45. The van der Waals surface area contributed by atoms with E-state index in [-0.39, 0.29) is 17.7 Å². The number of carbonyl (C=O) groups is 2. The summed E-state index contributed by atoms with van der Waals surface area (Å²) >= 11 is 0. The highest BCUT2D eigenvalue weighted by Gasteiger charge is 2.39. The predicted octanol–water partition coefficient (Wildman–Crippen LogP) is 1.65. The minimum absolute atomic E-state index is 0.0887. The first kappa shape index (κ1) is 15.2. The zero-order chi connectivity index (χ0) is 15.5. The van der Waals surface area contributed by atoms with Crippen LogP contribution in [0.4, 0.5) is 5.69 Å². The van der Waals surface area contributed by atoms with Crippen LogP contribution in [0.3, 0.4) is 0 Å². The fourth-order valence-electron chi connectivity index (χ4n) is 2.65. The molecule has 114 valence electrons. The van der Waals surface area contributed by atoms with Crippen molar-refractivity contribution in [3.63, 3.8) is 0 Å². The number of methoxy groups -OCH3 is 1. The number of carbonyl (C=O) groups excluding carboxylic acids is 1. The van der Waals surface area contributed by atoms with Crippen LogP contribution in [0.2, 0.25) is 0 Å². The number of hydrogen-bond acceptors (Lipinski definition) is 4. The molecule has 6 heteroatoms. The number of carboxylic acids is 1. The Morgan fingerprint density at radius 2 is 2.14 bits per heavy atom. The highest BCUT2D eigenvalue weighted by Crippen LogP contribution is 2.43. The van der Waals surface area contributed by atoms with Crippen LogP contribution < -0.4 is 15.8 Å². The van der Waals surface area contributed by atoms with Crippen molar-refractivity contribution in [2.75, 3.05) is 19.4 Å². The maximum Gasteiger partial charge on any atom is 0.303 e. The van der Waals surface area contributed by atoms with E-state index in [2.05, 4.69) is 5.32 Å². The number of hydrogen-bond donors (Lipinski definition) is 3. The molecular formula is C15H20N2O4. The van der Waals surface area contributed by atoms with Gasteiger partial charge < -0.3 is 20.9 Å². The Hall–Kier alpha value is -2.24. The normalized spacial score (nSPS) is 15.9. The van der Waals surface area contributed by atoms with E-state index in [1.165, 1.54) is 7.11 Å². The first-order valence-corrected chi connectivity index (χ1v) is 6.89. The number of amides is 1. The molecule has 0 bridgehead atoms. The van der Waals surface area contributed by atoms with E-state index in [1.54, 1.807) is 18.2 Å².